The van der Waals surface area contributed by atoms with Crippen molar-refractivity contribution in [2.45, 2.75) is 76.7 Å². The summed E-state index contributed by atoms with van der Waals surface area (Å²) in [4.78, 5) is 4.40. The lowest BCUT2D eigenvalue weighted by molar-refractivity contribution is 0.133. The van der Waals surface area contributed by atoms with E-state index in [1.807, 2.05) is 18.3 Å². The third-order valence-electron chi connectivity index (χ3n) is 5.02. The molecular formula is C17H29BrN2OSi. The highest BCUT2D eigenvalue weighted by Gasteiger charge is 2.39. The van der Waals surface area contributed by atoms with Crippen molar-refractivity contribution in [2.24, 2.45) is 0 Å². The summed E-state index contributed by atoms with van der Waals surface area (Å²) in [5.74, 6) is 0.969. The zero-order valence-corrected chi connectivity index (χ0v) is 17.0. The van der Waals surface area contributed by atoms with Crippen molar-refractivity contribution < 1.29 is 4.43 Å². The second kappa shape index (κ2) is 7.01. The number of hydrogen-bond donors (Lipinski definition) is 1. The molecule has 1 aliphatic carbocycles. The first-order valence-corrected chi connectivity index (χ1v) is 11.9. The number of hydrogen-bond acceptors (Lipinski definition) is 3. The van der Waals surface area contributed by atoms with Crippen LogP contribution in [0.25, 0.3) is 0 Å². The molecule has 124 valence electrons. The second-order valence-corrected chi connectivity index (χ2v) is 13.5. The van der Waals surface area contributed by atoms with Gasteiger partial charge in [0.15, 0.2) is 8.32 Å². The molecule has 0 aliphatic heterocycles. The molecule has 1 aliphatic rings. The first-order valence-electron chi connectivity index (χ1n) is 8.23. The Hall–Kier alpha value is -0.393. The molecule has 0 spiro atoms. The predicted octanol–water partition coefficient (Wildman–Crippen LogP) is 5.59. The third-order valence-corrected chi connectivity index (χ3v) is 10.0. The topological polar surface area (TPSA) is 34.1 Å². The molecule has 5 heteroatoms. The van der Waals surface area contributed by atoms with Crippen molar-refractivity contribution >= 4 is 30.1 Å². The molecule has 1 aromatic heterocycles. The molecule has 0 aromatic carbocycles. The van der Waals surface area contributed by atoms with Gasteiger partial charge in [-0.3, -0.25) is 0 Å². The summed E-state index contributed by atoms with van der Waals surface area (Å²) in [5, 5.41) is 3.84. The van der Waals surface area contributed by atoms with E-state index in [1.165, 1.54) is 0 Å². The normalized spacial score (nSPS) is 23.4. The molecule has 1 fully saturated rings. The van der Waals surface area contributed by atoms with Crippen LogP contribution >= 0.6 is 15.9 Å². The van der Waals surface area contributed by atoms with Crippen molar-refractivity contribution in [3.05, 3.63) is 22.8 Å². The van der Waals surface area contributed by atoms with Gasteiger partial charge in [0, 0.05) is 22.8 Å². The maximum Gasteiger partial charge on any atom is 0.192 e. The van der Waals surface area contributed by atoms with Crippen LogP contribution in [0.5, 0.6) is 0 Å². The first kappa shape index (κ1) is 18.0. The average Bonchev–Trinajstić information content (AvgIpc) is 2.42. The molecule has 1 saturated carbocycles. The standard InChI is InChI=1S/C17H29BrN2OSi/c1-17(2,3)22(4,5)21-15-9-7-14(8-10-15)20-16-11-6-13(18)12-19-16/h6,11-12,14-15H,7-10H2,1-5H3,(H,19,20)/t14-,15-. The van der Waals surface area contributed by atoms with Gasteiger partial charge in [0.05, 0.1) is 0 Å². The zero-order chi connectivity index (χ0) is 16.4. The van der Waals surface area contributed by atoms with E-state index in [2.05, 4.69) is 60.1 Å². The fourth-order valence-corrected chi connectivity index (χ4v) is 4.25. The van der Waals surface area contributed by atoms with Crippen molar-refractivity contribution in [3.8, 4) is 0 Å². The molecule has 0 unspecified atom stereocenters. The highest BCUT2D eigenvalue weighted by Crippen LogP contribution is 2.39. The smallest absolute Gasteiger partial charge is 0.192 e. The van der Waals surface area contributed by atoms with E-state index >= 15 is 0 Å². The largest absolute Gasteiger partial charge is 0.414 e. The van der Waals surface area contributed by atoms with Crippen LogP contribution in [0.3, 0.4) is 0 Å². The minimum atomic E-state index is -1.63. The van der Waals surface area contributed by atoms with Crippen molar-refractivity contribution in [3.63, 3.8) is 0 Å². The van der Waals surface area contributed by atoms with E-state index in [9.17, 15) is 0 Å². The third kappa shape index (κ3) is 4.80. The Bertz CT molecular complexity index is 476. The van der Waals surface area contributed by atoms with Crippen LogP contribution in [-0.2, 0) is 4.43 Å². The number of aromatic nitrogens is 1. The minimum Gasteiger partial charge on any atom is -0.414 e. The number of nitrogens with zero attached hydrogens (tertiary/aromatic N) is 1. The van der Waals surface area contributed by atoms with E-state index in [0.29, 0.717) is 17.2 Å². The second-order valence-electron chi connectivity index (χ2n) is 7.86. The van der Waals surface area contributed by atoms with E-state index in [0.717, 1.165) is 36.0 Å². The summed E-state index contributed by atoms with van der Waals surface area (Å²) in [5.41, 5.74) is 0. The van der Waals surface area contributed by atoms with Gasteiger partial charge in [-0.1, -0.05) is 20.8 Å². The molecule has 0 saturated heterocycles. The summed E-state index contributed by atoms with van der Waals surface area (Å²) in [6, 6.07) is 4.58. The van der Waals surface area contributed by atoms with Gasteiger partial charge in [-0.15, -0.1) is 0 Å². The number of halogens is 1. The lowest BCUT2D eigenvalue weighted by Gasteiger charge is -2.41. The van der Waals surface area contributed by atoms with Gasteiger partial charge < -0.3 is 9.74 Å². The molecule has 3 nitrogen and oxygen atoms in total. The molecular weight excluding hydrogens is 356 g/mol. The fourth-order valence-electron chi connectivity index (χ4n) is 2.59. The van der Waals surface area contributed by atoms with Crippen molar-refractivity contribution in [1.82, 2.24) is 4.98 Å². The molecule has 0 radical (unpaired) electrons. The van der Waals surface area contributed by atoms with Crippen LogP contribution in [0.4, 0.5) is 5.82 Å². The lowest BCUT2D eigenvalue weighted by atomic mass is 9.93. The Morgan fingerprint density at radius 3 is 2.32 bits per heavy atom. The summed E-state index contributed by atoms with van der Waals surface area (Å²) in [6.07, 6.45) is 6.92. The molecule has 22 heavy (non-hydrogen) atoms. The average molecular weight is 385 g/mol. The fraction of sp³-hybridized carbons (Fsp3) is 0.706. The molecule has 0 bridgehead atoms. The van der Waals surface area contributed by atoms with Gasteiger partial charge in [-0.25, -0.2) is 4.98 Å². The van der Waals surface area contributed by atoms with Crippen LogP contribution < -0.4 is 5.32 Å². The molecule has 2 rings (SSSR count). The van der Waals surface area contributed by atoms with E-state index in [4.69, 9.17) is 4.43 Å². The summed E-state index contributed by atoms with van der Waals surface area (Å²) >= 11 is 3.42. The van der Waals surface area contributed by atoms with Gasteiger partial charge in [0.25, 0.3) is 0 Å². The Balaban J connectivity index is 1.82. The zero-order valence-electron chi connectivity index (χ0n) is 14.4. The van der Waals surface area contributed by atoms with Crippen molar-refractivity contribution in [1.29, 1.82) is 0 Å². The summed E-state index contributed by atoms with van der Waals surface area (Å²) < 4.78 is 7.56. The van der Waals surface area contributed by atoms with E-state index < -0.39 is 8.32 Å². The predicted molar refractivity (Wildman–Crippen MR) is 99.9 cm³/mol. The highest BCUT2D eigenvalue weighted by atomic mass is 79.9. The quantitative estimate of drug-likeness (QED) is 0.686. The monoisotopic (exact) mass is 384 g/mol. The Labute approximate surface area is 144 Å². The highest BCUT2D eigenvalue weighted by molar-refractivity contribution is 9.10. The van der Waals surface area contributed by atoms with Crippen molar-refractivity contribution in [2.75, 3.05) is 5.32 Å². The summed E-state index contributed by atoms with van der Waals surface area (Å²) in [7, 11) is -1.63. The Kier molecular flexibility index (Phi) is 5.72. The summed E-state index contributed by atoms with van der Waals surface area (Å²) in [6.45, 7) is 11.6. The number of rotatable bonds is 4. The maximum absolute atomic E-state index is 6.55. The van der Waals surface area contributed by atoms with Crippen LogP contribution in [0.1, 0.15) is 46.5 Å². The Morgan fingerprint density at radius 2 is 1.82 bits per heavy atom. The lowest BCUT2D eigenvalue weighted by Crippen LogP contribution is -2.45. The SMILES string of the molecule is CC(C)(C)[Si](C)(C)O[C@H]1CC[C@H](Nc2ccc(Br)cn2)CC1. The number of nitrogens with one attached hydrogen (secondary N) is 1. The Morgan fingerprint density at radius 1 is 1.18 bits per heavy atom. The van der Waals surface area contributed by atoms with Crippen LogP contribution in [0.15, 0.2) is 22.8 Å². The number of pyridine rings is 1. The molecule has 0 amide bonds. The van der Waals surface area contributed by atoms with E-state index in [-0.39, 0.29) is 0 Å². The van der Waals surface area contributed by atoms with Crippen LogP contribution in [0.2, 0.25) is 18.1 Å². The molecule has 1 N–H and O–H groups in total. The minimum absolute atomic E-state index is 0.295. The maximum atomic E-state index is 6.55. The molecule has 1 aromatic rings. The van der Waals surface area contributed by atoms with Gasteiger partial charge in [0.1, 0.15) is 5.82 Å². The van der Waals surface area contributed by atoms with Crippen LogP contribution in [0, 0.1) is 0 Å². The molecule has 0 atom stereocenters. The first-order chi connectivity index (χ1) is 10.2. The van der Waals surface area contributed by atoms with Crippen LogP contribution in [-0.4, -0.2) is 25.4 Å². The van der Waals surface area contributed by atoms with Gasteiger partial charge in [-0.2, -0.15) is 0 Å². The van der Waals surface area contributed by atoms with E-state index in [1.54, 1.807) is 0 Å². The number of anilines is 1. The van der Waals surface area contributed by atoms with Gasteiger partial charge >= 0.3 is 0 Å². The molecule has 1 heterocycles. The van der Waals surface area contributed by atoms with Gasteiger partial charge in [0.2, 0.25) is 0 Å². The van der Waals surface area contributed by atoms with Gasteiger partial charge in [-0.05, 0) is 71.9 Å².